The number of aliphatic hydroxyl groups is 1. The van der Waals surface area contributed by atoms with E-state index in [2.05, 4.69) is 6.92 Å². The van der Waals surface area contributed by atoms with Gasteiger partial charge < -0.3 is 5.11 Å². The normalized spacial score (nSPS) is 12.8. The van der Waals surface area contributed by atoms with Gasteiger partial charge in [-0.2, -0.15) is 0 Å². The van der Waals surface area contributed by atoms with E-state index >= 15 is 0 Å². The van der Waals surface area contributed by atoms with E-state index in [0.29, 0.717) is 12.8 Å². The largest absolute Gasteiger partial charge is 0.385 e. The molecule has 0 amide bonds. The first kappa shape index (κ1) is 11.4. The van der Waals surface area contributed by atoms with Gasteiger partial charge in [-0.25, -0.2) is 0 Å². The fourth-order valence-corrected chi connectivity index (χ4v) is 2.19. The van der Waals surface area contributed by atoms with Gasteiger partial charge in [-0.1, -0.05) is 13.8 Å². The van der Waals surface area contributed by atoms with Crippen LogP contribution in [0.25, 0.3) is 0 Å². The maximum absolute atomic E-state index is 11.4. The van der Waals surface area contributed by atoms with Gasteiger partial charge in [0.25, 0.3) is 0 Å². The number of thiophene rings is 1. The molecule has 0 aliphatic rings. The van der Waals surface area contributed by atoms with Crippen molar-refractivity contribution in [2.24, 2.45) is 0 Å². The van der Waals surface area contributed by atoms with Crippen LogP contribution in [0.5, 0.6) is 0 Å². The number of carbonyl (C=O) groups excluding carboxylic acids is 1. The summed E-state index contributed by atoms with van der Waals surface area (Å²) in [4.78, 5) is 13.7. The predicted molar refractivity (Wildman–Crippen MR) is 58.7 cm³/mol. The van der Waals surface area contributed by atoms with Crippen LogP contribution in [0.3, 0.4) is 0 Å². The van der Waals surface area contributed by atoms with Gasteiger partial charge >= 0.3 is 0 Å². The molecular weight excluding hydrogens is 196 g/mol. The molecule has 1 aromatic rings. The highest BCUT2D eigenvalue weighted by Gasteiger charge is 2.13. The third-order valence-corrected chi connectivity index (χ3v) is 3.40. The standard InChI is InChI=1S/C11H16O2S/c1-3-8-5-6-9(14-8)7-11(13)10(12)4-2/h5-6,10,12H,3-4,7H2,1-2H3. The number of aliphatic hydroxyl groups excluding tert-OH is 1. The molecule has 0 saturated heterocycles. The van der Waals surface area contributed by atoms with Gasteiger partial charge in [-0.3, -0.25) is 4.79 Å². The monoisotopic (exact) mass is 212 g/mol. The minimum absolute atomic E-state index is 0.0722. The Labute approximate surface area is 88.6 Å². The maximum atomic E-state index is 11.4. The lowest BCUT2D eigenvalue weighted by Crippen LogP contribution is -2.20. The molecule has 0 fully saturated rings. The Morgan fingerprint density at radius 2 is 2.07 bits per heavy atom. The van der Waals surface area contributed by atoms with Crippen molar-refractivity contribution >= 4 is 17.1 Å². The average molecular weight is 212 g/mol. The van der Waals surface area contributed by atoms with Crippen molar-refractivity contribution in [3.8, 4) is 0 Å². The van der Waals surface area contributed by atoms with Crippen LogP contribution in [0.2, 0.25) is 0 Å². The Bertz CT molecular complexity index is 304. The molecule has 78 valence electrons. The summed E-state index contributed by atoms with van der Waals surface area (Å²) in [5.74, 6) is -0.0722. The van der Waals surface area contributed by atoms with E-state index in [1.165, 1.54) is 4.88 Å². The topological polar surface area (TPSA) is 37.3 Å². The van der Waals surface area contributed by atoms with Gasteiger partial charge in [0.05, 0.1) is 0 Å². The van der Waals surface area contributed by atoms with Crippen molar-refractivity contribution in [1.82, 2.24) is 0 Å². The summed E-state index contributed by atoms with van der Waals surface area (Å²) in [7, 11) is 0. The number of rotatable bonds is 5. The molecule has 0 aromatic carbocycles. The van der Waals surface area contributed by atoms with E-state index in [1.54, 1.807) is 11.3 Å². The van der Waals surface area contributed by atoms with Gasteiger partial charge in [-0.05, 0) is 25.0 Å². The zero-order valence-corrected chi connectivity index (χ0v) is 9.43. The lowest BCUT2D eigenvalue weighted by molar-refractivity contribution is -0.126. The fraction of sp³-hybridized carbons (Fsp3) is 0.545. The van der Waals surface area contributed by atoms with E-state index in [-0.39, 0.29) is 5.78 Å². The molecule has 1 rings (SSSR count). The van der Waals surface area contributed by atoms with Crippen molar-refractivity contribution in [3.05, 3.63) is 21.9 Å². The predicted octanol–water partition coefficient (Wildman–Crippen LogP) is 2.19. The van der Waals surface area contributed by atoms with Gasteiger partial charge in [0.1, 0.15) is 6.10 Å². The van der Waals surface area contributed by atoms with Crippen molar-refractivity contribution in [3.63, 3.8) is 0 Å². The Hall–Kier alpha value is -0.670. The van der Waals surface area contributed by atoms with Crippen LogP contribution in [-0.4, -0.2) is 17.0 Å². The number of hydrogen-bond acceptors (Lipinski definition) is 3. The van der Waals surface area contributed by atoms with E-state index < -0.39 is 6.10 Å². The third-order valence-electron chi connectivity index (χ3n) is 2.17. The number of hydrogen-bond donors (Lipinski definition) is 1. The van der Waals surface area contributed by atoms with E-state index in [0.717, 1.165) is 11.3 Å². The molecule has 0 aliphatic heterocycles. The van der Waals surface area contributed by atoms with Crippen LogP contribution < -0.4 is 0 Å². The highest BCUT2D eigenvalue weighted by atomic mass is 32.1. The SMILES string of the molecule is CCc1ccc(CC(=O)C(O)CC)s1. The van der Waals surface area contributed by atoms with Gasteiger partial charge in [-0.15, -0.1) is 11.3 Å². The Kier molecular flexibility index (Phi) is 4.29. The first-order chi connectivity index (χ1) is 6.67. The zero-order chi connectivity index (χ0) is 10.6. The maximum Gasteiger partial charge on any atom is 0.166 e. The zero-order valence-electron chi connectivity index (χ0n) is 8.62. The molecule has 1 heterocycles. The summed E-state index contributed by atoms with van der Waals surface area (Å²) in [5, 5.41) is 9.31. The first-order valence-corrected chi connectivity index (χ1v) is 5.77. The summed E-state index contributed by atoms with van der Waals surface area (Å²) < 4.78 is 0. The fourth-order valence-electron chi connectivity index (χ4n) is 1.22. The minimum atomic E-state index is -0.790. The molecule has 0 spiro atoms. The number of Topliss-reactive ketones (excluding diaryl/α,β-unsaturated/α-hetero) is 1. The van der Waals surface area contributed by atoms with Crippen molar-refractivity contribution in [1.29, 1.82) is 0 Å². The molecular formula is C11H16O2S. The van der Waals surface area contributed by atoms with Gasteiger partial charge in [0.15, 0.2) is 5.78 Å². The highest BCUT2D eigenvalue weighted by molar-refractivity contribution is 7.12. The first-order valence-electron chi connectivity index (χ1n) is 4.95. The lowest BCUT2D eigenvalue weighted by Gasteiger charge is -2.04. The van der Waals surface area contributed by atoms with Crippen molar-refractivity contribution in [2.45, 2.75) is 39.2 Å². The van der Waals surface area contributed by atoms with Crippen LogP contribution in [0.1, 0.15) is 30.0 Å². The molecule has 1 aromatic heterocycles. The summed E-state index contributed by atoms with van der Waals surface area (Å²) in [6.45, 7) is 3.91. The average Bonchev–Trinajstić information content (AvgIpc) is 2.64. The van der Waals surface area contributed by atoms with E-state index in [4.69, 9.17) is 0 Å². The van der Waals surface area contributed by atoms with Crippen LogP contribution >= 0.6 is 11.3 Å². The van der Waals surface area contributed by atoms with Gasteiger partial charge in [0.2, 0.25) is 0 Å². The van der Waals surface area contributed by atoms with Crippen LogP contribution in [0.4, 0.5) is 0 Å². The smallest absolute Gasteiger partial charge is 0.166 e. The van der Waals surface area contributed by atoms with Crippen molar-refractivity contribution < 1.29 is 9.90 Å². The molecule has 0 radical (unpaired) electrons. The third kappa shape index (κ3) is 2.93. The molecule has 1 atom stereocenters. The Balaban J connectivity index is 2.56. The summed E-state index contributed by atoms with van der Waals surface area (Å²) >= 11 is 1.66. The Morgan fingerprint density at radius 1 is 1.43 bits per heavy atom. The second-order valence-corrected chi connectivity index (χ2v) is 4.54. The summed E-state index contributed by atoms with van der Waals surface area (Å²) in [6, 6.07) is 4.02. The number of aryl methyl sites for hydroxylation is 1. The molecule has 0 bridgehead atoms. The Morgan fingerprint density at radius 3 is 2.57 bits per heavy atom. The highest BCUT2D eigenvalue weighted by Crippen LogP contribution is 2.18. The van der Waals surface area contributed by atoms with Crippen molar-refractivity contribution in [2.75, 3.05) is 0 Å². The summed E-state index contributed by atoms with van der Waals surface area (Å²) in [5.41, 5.74) is 0. The molecule has 2 nitrogen and oxygen atoms in total. The molecule has 0 aliphatic carbocycles. The van der Waals surface area contributed by atoms with Crippen LogP contribution in [-0.2, 0) is 17.6 Å². The minimum Gasteiger partial charge on any atom is -0.385 e. The molecule has 14 heavy (non-hydrogen) atoms. The van der Waals surface area contributed by atoms with Crippen LogP contribution in [0.15, 0.2) is 12.1 Å². The van der Waals surface area contributed by atoms with Crippen LogP contribution in [0, 0.1) is 0 Å². The van der Waals surface area contributed by atoms with E-state index in [1.807, 2.05) is 19.1 Å². The molecule has 1 unspecified atom stereocenters. The molecule has 1 N–H and O–H groups in total. The second-order valence-electron chi connectivity index (χ2n) is 3.29. The number of carbonyl (C=O) groups is 1. The van der Waals surface area contributed by atoms with Gasteiger partial charge in [0, 0.05) is 16.2 Å². The lowest BCUT2D eigenvalue weighted by atomic mass is 10.1. The number of ketones is 1. The summed E-state index contributed by atoms with van der Waals surface area (Å²) in [6.07, 6.45) is 1.10. The molecule has 3 heteroatoms. The quantitative estimate of drug-likeness (QED) is 0.812. The van der Waals surface area contributed by atoms with E-state index in [9.17, 15) is 9.90 Å². The second kappa shape index (κ2) is 5.27. The molecule has 0 saturated carbocycles.